The van der Waals surface area contributed by atoms with Gasteiger partial charge in [0.1, 0.15) is 6.10 Å². The lowest BCUT2D eigenvalue weighted by atomic mass is 9.99. The molecular formula is C16H29N3O. The van der Waals surface area contributed by atoms with Crippen molar-refractivity contribution in [3.63, 3.8) is 0 Å². The number of rotatable bonds is 10. The Balaban J connectivity index is 2.64. The van der Waals surface area contributed by atoms with Gasteiger partial charge in [0, 0.05) is 19.6 Å². The quantitative estimate of drug-likeness (QED) is 0.454. The molecule has 1 unspecified atom stereocenters. The molecule has 0 aliphatic heterocycles. The maximum absolute atomic E-state index is 5.85. The lowest BCUT2D eigenvalue weighted by Gasteiger charge is -2.20. The van der Waals surface area contributed by atoms with Gasteiger partial charge >= 0.3 is 0 Å². The molecule has 0 spiro atoms. The van der Waals surface area contributed by atoms with Crippen molar-refractivity contribution in [2.45, 2.75) is 39.7 Å². The molecule has 4 nitrogen and oxygen atoms in total. The van der Waals surface area contributed by atoms with E-state index in [-0.39, 0.29) is 6.10 Å². The molecule has 1 aromatic carbocycles. The molecule has 1 aromatic rings. The lowest BCUT2D eigenvalue weighted by Crippen LogP contribution is -2.27. The van der Waals surface area contributed by atoms with Crippen molar-refractivity contribution < 1.29 is 4.84 Å². The molecule has 114 valence electrons. The summed E-state index contributed by atoms with van der Waals surface area (Å²) in [6.07, 6.45) is 2.07. The number of hydrogen-bond donors (Lipinski definition) is 3. The molecule has 4 N–H and O–H groups in total. The molecule has 4 heteroatoms. The summed E-state index contributed by atoms with van der Waals surface area (Å²) in [7, 11) is 0. The number of benzene rings is 1. The Morgan fingerprint density at radius 1 is 1.20 bits per heavy atom. The first-order valence-electron chi connectivity index (χ1n) is 7.55. The zero-order valence-corrected chi connectivity index (χ0v) is 13.0. The van der Waals surface area contributed by atoms with Gasteiger partial charge in [0.15, 0.2) is 0 Å². The van der Waals surface area contributed by atoms with E-state index in [2.05, 4.69) is 49.8 Å². The topological polar surface area (TPSA) is 59.3 Å². The fourth-order valence-corrected chi connectivity index (χ4v) is 2.19. The zero-order valence-electron chi connectivity index (χ0n) is 13.0. The fourth-order valence-electron chi connectivity index (χ4n) is 2.19. The van der Waals surface area contributed by atoms with E-state index in [1.165, 1.54) is 16.7 Å². The van der Waals surface area contributed by atoms with Crippen molar-refractivity contribution in [1.82, 2.24) is 10.8 Å². The van der Waals surface area contributed by atoms with E-state index in [1.807, 2.05) is 0 Å². The van der Waals surface area contributed by atoms with Gasteiger partial charge < -0.3 is 11.1 Å². The number of hydroxylamine groups is 1. The van der Waals surface area contributed by atoms with Crippen molar-refractivity contribution in [2.75, 3.05) is 26.2 Å². The van der Waals surface area contributed by atoms with Gasteiger partial charge in [-0.3, -0.25) is 4.84 Å². The SMILES string of the molecule is CCCNOC(CCNCCN)c1ccc(C)cc1C. The van der Waals surface area contributed by atoms with Crippen LogP contribution in [0.15, 0.2) is 18.2 Å². The Kier molecular flexibility index (Phi) is 8.46. The summed E-state index contributed by atoms with van der Waals surface area (Å²) in [5.74, 6) is 0. The first kappa shape index (κ1) is 17.1. The molecule has 1 atom stereocenters. The van der Waals surface area contributed by atoms with Crippen molar-refractivity contribution in [1.29, 1.82) is 0 Å². The highest BCUT2D eigenvalue weighted by Gasteiger charge is 2.14. The highest BCUT2D eigenvalue weighted by molar-refractivity contribution is 5.32. The van der Waals surface area contributed by atoms with E-state index < -0.39 is 0 Å². The first-order valence-corrected chi connectivity index (χ1v) is 7.55. The van der Waals surface area contributed by atoms with Crippen LogP contribution in [-0.4, -0.2) is 26.2 Å². The van der Waals surface area contributed by atoms with Crippen LogP contribution < -0.4 is 16.5 Å². The van der Waals surface area contributed by atoms with Crippen LogP contribution >= 0.6 is 0 Å². The molecule has 20 heavy (non-hydrogen) atoms. The van der Waals surface area contributed by atoms with Gasteiger partial charge in [0.2, 0.25) is 0 Å². The van der Waals surface area contributed by atoms with Crippen LogP contribution in [-0.2, 0) is 4.84 Å². The van der Waals surface area contributed by atoms with Gasteiger partial charge in [0.25, 0.3) is 0 Å². The van der Waals surface area contributed by atoms with Gasteiger partial charge in [0.05, 0.1) is 0 Å². The van der Waals surface area contributed by atoms with E-state index >= 15 is 0 Å². The normalized spacial score (nSPS) is 12.6. The van der Waals surface area contributed by atoms with E-state index in [0.717, 1.165) is 32.5 Å². The summed E-state index contributed by atoms with van der Waals surface area (Å²) in [6, 6.07) is 6.52. The number of hydrogen-bond acceptors (Lipinski definition) is 4. The van der Waals surface area contributed by atoms with Crippen LogP contribution in [0.4, 0.5) is 0 Å². The summed E-state index contributed by atoms with van der Waals surface area (Å²) < 4.78 is 0. The van der Waals surface area contributed by atoms with Crippen molar-refractivity contribution in [3.8, 4) is 0 Å². The Morgan fingerprint density at radius 2 is 2.00 bits per heavy atom. The smallest absolute Gasteiger partial charge is 0.105 e. The standard InChI is InChI=1S/C16H29N3O/c1-4-9-19-20-16(7-10-18-11-8-17)15-6-5-13(2)12-14(15)3/h5-6,12,16,18-19H,4,7-11,17H2,1-3H3. The summed E-state index contributed by atoms with van der Waals surface area (Å²) in [4.78, 5) is 5.85. The van der Waals surface area contributed by atoms with Crippen LogP contribution in [0, 0.1) is 13.8 Å². The minimum atomic E-state index is 0.0763. The average molecular weight is 279 g/mol. The summed E-state index contributed by atoms with van der Waals surface area (Å²) in [5, 5.41) is 3.32. The third kappa shape index (κ3) is 6.01. The Labute approximate surface area is 123 Å². The van der Waals surface area contributed by atoms with Crippen molar-refractivity contribution in [2.24, 2.45) is 5.73 Å². The minimum absolute atomic E-state index is 0.0763. The van der Waals surface area contributed by atoms with Gasteiger partial charge in [-0.05, 0) is 44.4 Å². The number of aryl methyl sites for hydroxylation is 2. The summed E-state index contributed by atoms with van der Waals surface area (Å²) in [6.45, 7) is 9.69. The molecule has 0 fully saturated rings. The maximum Gasteiger partial charge on any atom is 0.105 e. The van der Waals surface area contributed by atoms with Crippen LogP contribution in [0.25, 0.3) is 0 Å². The molecule has 0 amide bonds. The molecular weight excluding hydrogens is 250 g/mol. The second-order valence-electron chi connectivity index (χ2n) is 5.19. The second-order valence-corrected chi connectivity index (χ2v) is 5.19. The number of nitrogens with two attached hydrogens (primary N) is 1. The van der Waals surface area contributed by atoms with E-state index in [0.29, 0.717) is 6.54 Å². The molecule has 0 aromatic heterocycles. The average Bonchev–Trinajstić information content (AvgIpc) is 2.42. The molecule has 0 saturated heterocycles. The highest BCUT2D eigenvalue weighted by atomic mass is 16.7. The minimum Gasteiger partial charge on any atom is -0.329 e. The third-order valence-electron chi connectivity index (χ3n) is 3.25. The van der Waals surface area contributed by atoms with Crippen molar-refractivity contribution >= 4 is 0 Å². The fraction of sp³-hybridized carbons (Fsp3) is 0.625. The summed E-state index contributed by atoms with van der Waals surface area (Å²) in [5.41, 5.74) is 12.4. The predicted molar refractivity (Wildman–Crippen MR) is 84.6 cm³/mol. The highest BCUT2D eigenvalue weighted by Crippen LogP contribution is 2.24. The van der Waals surface area contributed by atoms with Gasteiger partial charge in [-0.2, -0.15) is 0 Å². The van der Waals surface area contributed by atoms with Crippen LogP contribution in [0.1, 0.15) is 42.6 Å². The van der Waals surface area contributed by atoms with Crippen molar-refractivity contribution in [3.05, 3.63) is 34.9 Å². The van der Waals surface area contributed by atoms with Gasteiger partial charge in [-0.1, -0.05) is 30.7 Å². The summed E-state index contributed by atoms with van der Waals surface area (Å²) >= 11 is 0. The first-order chi connectivity index (χ1) is 9.69. The number of nitrogens with one attached hydrogen (secondary N) is 2. The molecule has 0 aliphatic rings. The predicted octanol–water partition coefficient (Wildman–Crippen LogP) is 2.21. The Hall–Kier alpha value is -0.940. The monoisotopic (exact) mass is 279 g/mol. The second kappa shape index (κ2) is 9.88. The lowest BCUT2D eigenvalue weighted by molar-refractivity contribution is -0.0305. The Morgan fingerprint density at radius 3 is 2.65 bits per heavy atom. The third-order valence-corrected chi connectivity index (χ3v) is 3.25. The van der Waals surface area contributed by atoms with Crippen LogP contribution in [0.3, 0.4) is 0 Å². The maximum atomic E-state index is 5.85. The molecule has 0 radical (unpaired) electrons. The van der Waals surface area contributed by atoms with E-state index in [4.69, 9.17) is 10.6 Å². The molecule has 0 bridgehead atoms. The van der Waals surface area contributed by atoms with E-state index in [9.17, 15) is 0 Å². The molecule has 0 saturated carbocycles. The molecule has 0 heterocycles. The molecule has 0 aliphatic carbocycles. The van der Waals surface area contributed by atoms with Crippen LogP contribution in [0.5, 0.6) is 0 Å². The van der Waals surface area contributed by atoms with Crippen LogP contribution in [0.2, 0.25) is 0 Å². The molecule has 1 rings (SSSR count). The Bertz CT molecular complexity index is 382. The van der Waals surface area contributed by atoms with Gasteiger partial charge in [-0.15, -0.1) is 0 Å². The van der Waals surface area contributed by atoms with Gasteiger partial charge in [-0.25, -0.2) is 5.48 Å². The van der Waals surface area contributed by atoms with E-state index in [1.54, 1.807) is 0 Å². The zero-order chi connectivity index (χ0) is 14.8. The largest absolute Gasteiger partial charge is 0.329 e.